The van der Waals surface area contributed by atoms with Gasteiger partial charge in [0.05, 0.1) is 19.6 Å². The van der Waals surface area contributed by atoms with Gasteiger partial charge in [0, 0.05) is 18.6 Å². The average molecular weight is 479 g/mol. The summed E-state index contributed by atoms with van der Waals surface area (Å²) in [5.74, 6) is -0.160. The lowest BCUT2D eigenvalue weighted by Gasteiger charge is -2.29. The minimum atomic E-state index is -0.461. The predicted molar refractivity (Wildman–Crippen MR) is 141 cm³/mol. The zero-order chi connectivity index (χ0) is 25.0. The number of esters is 1. The summed E-state index contributed by atoms with van der Waals surface area (Å²) < 4.78 is 17.9. The van der Waals surface area contributed by atoms with Crippen LogP contribution in [0.3, 0.4) is 0 Å². The van der Waals surface area contributed by atoms with E-state index in [1.54, 1.807) is 0 Å². The molecule has 0 saturated heterocycles. The highest BCUT2D eigenvalue weighted by molar-refractivity contribution is 5.73. The second-order valence-corrected chi connectivity index (χ2v) is 10.8. The lowest BCUT2D eigenvalue weighted by molar-refractivity contribution is -0.154. The summed E-state index contributed by atoms with van der Waals surface area (Å²) in [6.07, 6.45) is 8.28. The van der Waals surface area contributed by atoms with Crippen LogP contribution in [0.25, 0.3) is 0 Å². The standard InChI is InChI=1S/C31H42O4/c1-30(2,3)35-29(32)22-28-18-19-31(23-28,24-33-20-10-16-26-12-6-4-7-13-26)25-34-21-11-17-27-14-8-5-9-15-27/h4-9,12-15,18H,10-11,16-17,19-25H2,1-3H3. The van der Waals surface area contributed by atoms with Crippen LogP contribution >= 0.6 is 0 Å². The maximum Gasteiger partial charge on any atom is 0.310 e. The molecule has 0 aliphatic heterocycles. The smallest absolute Gasteiger partial charge is 0.310 e. The Kier molecular flexibility index (Phi) is 10.6. The lowest BCUT2D eigenvalue weighted by Crippen LogP contribution is -2.31. The molecule has 0 aromatic heterocycles. The quantitative estimate of drug-likeness (QED) is 0.172. The van der Waals surface area contributed by atoms with Crippen molar-refractivity contribution in [3.05, 3.63) is 83.4 Å². The van der Waals surface area contributed by atoms with E-state index in [0.717, 1.165) is 57.3 Å². The molecule has 1 aliphatic carbocycles. The van der Waals surface area contributed by atoms with E-state index in [1.165, 1.54) is 11.1 Å². The molecule has 0 fully saturated rings. The van der Waals surface area contributed by atoms with Crippen LogP contribution in [0.5, 0.6) is 0 Å². The minimum absolute atomic E-state index is 0.100. The van der Waals surface area contributed by atoms with Crippen LogP contribution in [-0.2, 0) is 31.8 Å². The molecule has 0 spiro atoms. The Bertz CT molecular complexity index is 863. The minimum Gasteiger partial charge on any atom is -0.460 e. The molecular formula is C31H42O4. The van der Waals surface area contributed by atoms with Gasteiger partial charge in [-0.3, -0.25) is 4.79 Å². The van der Waals surface area contributed by atoms with Crippen molar-refractivity contribution >= 4 is 5.97 Å². The van der Waals surface area contributed by atoms with E-state index in [2.05, 4.69) is 54.6 Å². The summed E-state index contributed by atoms with van der Waals surface area (Å²) in [6.45, 7) is 8.47. The number of rotatable bonds is 14. The number of allylic oxidation sites excluding steroid dienone is 1. The van der Waals surface area contributed by atoms with Gasteiger partial charge >= 0.3 is 5.97 Å². The van der Waals surface area contributed by atoms with E-state index >= 15 is 0 Å². The van der Waals surface area contributed by atoms with E-state index in [0.29, 0.717) is 19.6 Å². The van der Waals surface area contributed by atoms with Crippen molar-refractivity contribution in [1.29, 1.82) is 0 Å². The lowest BCUT2D eigenvalue weighted by atomic mass is 9.85. The number of ether oxygens (including phenoxy) is 3. The van der Waals surface area contributed by atoms with Crippen LogP contribution in [0, 0.1) is 5.41 Å². The molecule has 0 radical (unpaired) electrons. The molecular weight excluding hydrogens is 436 g/mol. The maximum atomic E-state index is 12.4. The molecule has 0 unspecified atom stereocenters. The van der Waals surface area contributed by atoms with Gasteiger partial charge in [-0.15, -0.1) is 0 Å². The third-order valence-electron chi connectivity index (χ3n) is 6.23. The number of aryl methyl sites for hydroxylation is 2. The second-order valence-electron chi connectivity index (χ2n) is 10.8. The Hall–Kier alpha value is -2.43. The van der Waals surface area contributed by atoms with Crippen molar-refractivity contribution in [2.75, 3.05) is 26.4 Å². The predicted octanol–water partition coefficient (Wildman–Crippen LogP) is 6.72. The summed E-state index contributed by atoms with van der Waals surface area (Å²) in [5.41, 5.74) is 3.26. The fraction of sp³-hybridized carbons (Fsp3) is 0.516. The fourth-order valence-corrected chi connectivity index (χ4v) is 4.57. The van der Waals surface area contributed by atoms with E-state index in [4.69, 9.17) is 14.2 Å². The normalized spacial score (nSPS) is 15.1. The third-order valence-corrected chi connectivity index (χ3v) is 6.23. The first-order chi connectivity index (χ1) is 16.8. The Labute approximate surface area is 211 Å². The van der Waals surface area contributed by atoms with Crippen molar-refractivity contribution in [3.8, 4) is 0 Å². The van der Waals surface area contributed by atoms with E-state index in [1.807, 2.05) is 32.9 Å². The third kappa shape index (κ3) is 10.4. The zero-order valence-electron chi connectivity index (χ0n) is 21.8. The monoisotopic (exact) mass is 478 g/mol. The van der Waals surface area contributed by atoms with Gasteiger partial charge in [-0.1, -0.05) is 72.3 Å². The SMILES string of the molecule is CC(C)(C)OC(=O)CC1=CCC(COCCCc2ccccc2)(COCCCc2ccccc2)C1. The van der Waals surface area contributed by atoms with E-state index in [-0.39, 0.29) is 11.4 Å². The van der Waals surface area contributed by atoms with Crippen molar-refractivity contribution < 1.29 is 19.0 Å². The summed E-state index contributed by atoms with van der Waals surface area (Å²) >= 11 is 0. The molecule has 0 heterocycles. The van der Waals surface area contributed by atoms with Crippen LogP contribution in [0.4, 0.5) is 0 Å². The molecule has 190 valence electrons. The molecule has 0 saturated carbocycles. The van der Waals surface area contributed by atoms with Crippen LogP contribution in [0.15, 0.2) is 72.3 Å². The van der Waals surface area contributed by atoms with Crippen LogP contribution in [-0.4, -0.2) is 38.0 Å². The Morgan fingerprint density at radius 3 is 1.83 bits per heavy atom. The molecule has 2 aromatic carbocycles. The summed E-state index contributed by atoms with van der Waals surface area (Å²) in [7, 11) is 0. The highest BCUT2D eigenvalue weighted by Gasteiger charge is 2.36. The van der Waals surface area contributed by atoms with Crippen molar-refractivity contribution in [3.63, 3.8) is 0 Å². The number of hydrogen-bond donors (Lipinski definition) is 0. The van der Waals surface area contributed by atoms with Gasteiger partial charge in [0.2, 0.25) is 0 Å². The van der Waals surface area contributed by atoms with Crippen molar-refractivity contribution in [1.82, 2.24) is 0 Å². The van der Waals surface area contributed by atoms with Crippen molar-refractivity contribution in [2.24, 2.45) is 5.41 Å². The number of benzene rings is 2. The molecule has 2 aromatic rings. The van der Waals surface area contributed by atoms with Gasteiger partial charge in [-0.2, -0.15) is 0 Å². The molecule has 4 nitrogen and oxygen atoms in total. The van der Waals surface area contributed by atoms with E-state index in [9.17, 15) is 4.79 Å². The number of hydrogen-bond acceptors (Lipinski definition) is 4. The molecule has 0 amide bonds. The Morgan fingerprint density at radius 1 is 0.829 bits per heavy atom. The zero-order valence-corrected chi connectivity index (χ0v) is 21.8. The van der Waals surface area contributed by atoms with Crippen LogP contribution < -0.4 is 0 Å². The maximum absolute atomic E-state index is 12.4. The highest BCUT2D eigenvalue weighted by atomic mass is 16.6. The van der Waals surface area contributed by atoms with Gasteiger partial charge < -0.3 is 14.2 Å². The summed E-state index contributed by atoms with van der Waals surface area (Å²) in [6, 6.07) is 21.1. The Balaban J connectivity index is 1.46. The molecule has 0 N–H and O–H groups in total. The van der Waals surface area contributed by atoms with E-state index < -0.39 is 5.60 Å². The molecule has 0 bridgehead atoms. The molecule has 0 atom stereocenters. The topological polar surface area (TPSA) is 44.8 Å². The van der Waals surface area contributed by atoms with Gasteiger partial charge in [-0.25, -0.2) is 0 Å². The molecule has 1 aliphatic rings. The van der Waals surface area contributed by atoms with Gasteiger partial charge in [0.15, 0.2) is 0 Å². The fourth-order valence-electron chi connectivity index (χ4n) is 4.57. The first kappa shape index (κ1) is 27.2. The molecule has 3 rings (SSSR count). The second kappa shape index (κ2) is 13.6. The van der Waals surface area contributed by atoms with Gasteiger partial charge in [-0.05, 0) is 70.4 Å². The Morgan fingerprint density at radius 2 is 1.34 bits per heavy atom. The van der Waals surface area contributed by atoms with Crippen LogP contribution in [0.2, 0.25) is 0 Å². The first-order valence-electron chi connectivity index (χ1n) is 13.0. The van der Waals surface area contributed by atoms with Gasteiger partial charge in [0.25, 0.3) is 0 Å². The first-order valence-corrected chi connectivity index (χ1v) is 13.0. The number of carbonyl (C=O) groups excluding carboxylic acids is 1. The summed E-state index contributed by atoms with van der Waals surface area (Å²) in [4.78, 5) is 12.4. The molecule has 4 heteroatoms. The molecule has 35 heavy (non-hydrogen) atoms. The largest absolute Gasteiger partial charge is 0.460 e. The van der Waals surface area contributed by atoms with Crippen LogP contribution in [0.1, 0.15) is 64.0 Å². The number of carbonyl (C=O) groups is 1. The summed E-state index contributed by atoms with van der Waals surface area (Å²) in [5, 5.41) is 0. The van der Waals surface area contributed by atoms with Crippen molar-refractivity contribution in [2.45, 2.75) is 71.3 Å². The van der Waals surface area contributed by atoms with Gasteiger partial charge in [0.1, 0.15) is 5.60 Å². The average Bonchev–Trinajstić information content (AvgIpc) is 3.21. The highest BCUT2D eigenvalue weighted by Crippen LogP contribution is 2.40.